The van der Waals surface area contributed by atoms with E-state index in [-0.39, 0.29) is 11.7 Å². The maximum absolute atomic E-state index is 12.6. The van der Waals surface area contributed by atoms with E-state index in [1.54, 1.807) is 0 Å². The molecule has 0 radical (unpaired) electrons. The average Bonchev–Trinajstić information content (AvgIpc) is 2.33. The minimum Gasteiger partial charge on any atom is -0.508 e. The van der Waals surface area contributed by atoms with Crippen LogP contribution >= 0.6 is 0 Å². The Morgan fingerprint density at radius 1 is 1.16 bits per heavy atom. The fourth-order valence-electron chi connectivity index (χ4n) is 2.16. The number of benzene rings is 1. The van der Waals surface area contributed by atoms with Gasteiger partial charge in [-0.2, -0.15) is 13.2 Å². The zero-order chi connectivity index (χ0) is 14.5. The smallest absolute Gasteiger partial charge is 0.416 e. The Labute approximate surface area is 112 Å². The van der Waals surface area contributed by atoms with Crippen LogP contribution in [0.25, 0.3) is 0 Å². The summed E-state index contributed by atoms with van der Waals surface area (Å²) in [7, 11) is 0. The van der Waals surface area contributed by atoms with Crippen molar-refractivity contribution in [2.75, 3.05) is 0 Å². The van der Waals surface area contributed by atoms with Gasteiger partial charge < -0.3 is 5.11 Å². The van der Waals surface area contributed by atoms with E-state index in [0.29, 0.717) is 5.56 Å². The first-order chi connectivity index (χ1) is 8.86. The minimum absolute atomic E-state index is 0.0454. The molecular weight excluding hydrogens is 253 g/mol. The fourth-order valence-corrected chi connectivity index (χ4v) is 2.16. The Kier molecular flexibility index (Phi) is 5.70. The molecule has 1 atom stereocenters. The molecule has 4 heteroatoms. The van der Waals surface area contributed by atoms with Gasteiger partial charge in [0.15, 0.2) is 0 Å². The quantitative estimate of drug-likeness (QED) is 0.680. The summed E-state index contributed by atoms with van der Waals surface area (Å²) in [6, 6.07) is 3.13. The molecule has 0 bridgehead atoms. The normalized spacial score (nSPS) is 13.5. The van der Waals surface area contributed by atoms with Crippen molar-refractivity contribution in [1.29, 1.82) is 0 Å². The van der Waals surface area contributed by atoms with Gasteiger partial charge in [0.25, 0.3) is 0 Å². The van der Waals surface area contributed by atoms with Gasteiger partial charge in [0.05, 0.1) is 5.56 Å². The Bertz CT molecular complexity index is 399. The number of aromatic hydroxyl groups is 1. The van der Waals surface area contributed by atoms with Gasteiger partial charge in [-0.3, -0.25) is 0 Å². The number of hydrogen-bond acceptors (Lipinski definition) is 1. The van der Waals surface area contributed by atoms with Crippen LogP contribution in [0.3, 0.4) is 0 Å². The highest BCUT2D eigenvalue weighted by molar-refractivity contribution is 5.39. The monoisotopic (exact) mass is 274 g/mol. The molecule has 1 rings (SSSR count). The molecule has 1 aromatic carbocycles. The molecule has 0 fully saturated rings. The lowest BCUT2D eigenvalue weighted by molar-refractivity contribution is -0.137. The van der Waals surface area contributed by atoms with E-state index in [9.17, 15) is 18.3 Å². The number of halogens is 3. The molecule has 0 amide bonds. The largest absolute Gasteiger partial charge is 0.508 e. The number of phenolic OH excluding ortho intramolecular Hbond substituents is 1. The van der Waals surface area contributed by atoms with Gasteiger partial charge >= 0.3 is 6.18 Å². The molecule has 0 spiro atoms. The first-order valence-corrected chi connectivity index (χ1v) is 6.76. The molecule has 0 saturated heterocycles. The van der Waals surface area contributed by atoms with E-state index in [2.05, 4.69) is 6.92 Å². The van der Waals surface area contributed by atoms with Crippen LogP contribution in [-0.4, -0.2) is 5.11 Å². The van der Waals surface area contributed by atoms with Crippen LogP contribution in [0.1, 0.15) is 63.0 Å². The van der Waals surface area contributed by atoms with Crippen LogP contribution in [0, 0.1) is 0 Å². The molecule has 0 aliphatic carbocycles. The van der Waals surface area contributed by atoms with E-state index >= 15 is 0 Å². The van der Waals surface area contributed by atoms with Crippen molar-refractivity contribution in [3.8, 4) is 5.75 Å². The van der Waals surface area contributed by atoms with E-state index in [1.807, 2.05) is 6.92 Å². The SMILES string of the molecule is CCCCCCC(C)c1cc(C(F)(F)F)ccc1O. The molecule has 1 nitrogen and oxygen atoms in total. The van der Waals surface area contributed by atoms with Crippen molar-refractivity contribution >= 4 is 0 Å². The van der Waals surface area contributed by atoms with Crippen molar-refractivity contribution in [2.24, 2.45) is 0 Å². The summed E-state index contributed by atoms with van der Waals surface area (Å²) in [5, 5.41) is 9.71. The molecule has 0 aliphatic rings. The highest BCUT2D eigenvalue weighted by Gasteiger charge is 2.31. The summed E-state index contributed by atoms with van der Waals surface area (Å²) in [4.78, 5) is 0. The van der Waals surface area contributed by atoms with Gasteiger partial charge in [0.1, 0.15) is 5.75 Å². The Hall–Kier alpha value is -1.19. The predicted octanol–water partition coefficient (Wildman–Crippen LogP) is 5.48. The molecule has 1 aromatic rings. The molecule has 1 N–H and O–H groups in total. The van der Waals surface area contributed by atoms with Gasteiger partial charge in [-0.25, -0.2) is 0 Å². The van der Waals surface area contributed by atoms with Gasteiger partial charge in [-0.1, -0.05) is 39.5 Å². The minimum atomic E-state index is -4.36. The fraction of sp³-hybridized carbons (Fsp3) is 0.600. The van der Waals surface area contributed by atoms with E-state index in [4.69, 9.17) is 0 Å². The predicted molar refractivity (Wildman–Crippen MR) is 70.3 cm³/mol. The Morgan fingerprint density at radius 3 is 2.42 bits per heavy atom. The number of unbranched alkanes of at least 4 members (excludes halogenated alkanes) is 3. The summed E-state index contributed by atoms with van der Waals surface area (Å²) in [5.41, 5.74) is -0.299. The summed E-state index contributed by atoms with van der Waals surface area (Å²) < 4.78 is 37.9. The number of phenols is 1. The third-order valence-corrected chi connectivity index (χ3v) is 3.38. The number of alkyl halides is 3. The van der Waals surface area contributed by atoms with Crippen molar-refractivity contribution in [1.82, 2.24) is 0 Å². The van der Waals surface area contributed by atoms with Crippen molar-refractivity contribution in [3.63, 3.8) is 0 Å². The van der Waals surface area contributed by atoms with Crippen LogP contribution in [0.15, 0.2) is 18.2 Å². The molecule has 19 heavy (non-hydrogen) atoms. The van der Waals surface area contributed by atoms with E-state index in [0.717, 1.165) is 50.3 Å². The lowest BCUT2D eigenvalue weighted by Crippen LogP contribution is -2.06. The standard InChI is InChI=1S/C15H21F3O/c1-3-4-5-6-7-11(2)13-10-12(15(16,17)18)8-9-14(13)19/h8-11,19H,3-7H2,1-2H3. The van der Waals surface area contributed by atoms with E-state index < -0.39 is 11.7 Å². The highest BCUT2D eigenvalue weighted by Crippen LogP contribution is 2.36. The first-order valence-electron chi connectivity index (χ1n) is 6.76. The van der Waals surface area contributed by atoms with Crippen molar-refractivity contribution in [3.05, 3.63) is 29.3 Å². The molecule has 1 unspecified atom stereocenters. The maximum atomic E-state index is 12.6. The summed E-state index contributed by atoms with van der Waals surface area (Å²) in [6.07, 6.45) is 0.773. The first kappa shape index (κ1) is 15.9. The third kappa shape index (κ3) is 4.77. The molecule has 108 valence electrons. The van der Waals surface area contributed by atoms with Crippen LogP contribution in [-0.2, 0) is 6.18 Å². The van der Waals surface area contributed by atoms with E-state index in [1.165, 1.54) is 0 Å². The topological polar surface area (TPSA) is 20.2 Å². The average molecular weight is 274 g/mol. The molecule has 0 heterocycles. The second-order valence-corrected chi connectivity index (χ2v) is 5.02. The van der Waals surface area contributed by atoms with Gasteiger partial charge in [0.2, 0.25) is 0 Å². The third-order valence-electron chi connectivity index (χ3n) is 3.38. The van der Waals surface area contributed by atoms with Crippen molar-refractivity contribution in [2.45, 2.75) is 58.0 Å². The molecule has 0 aromatic heterocycles. The summed E-state index contributed by atoms with van der Waals surface area (Å²) >= 11 is 0. The summed E-state index contributed by atoms with van der Waals surface area (Å²) in [5.74, 6) is -0.102. The second kappa shape index (κ2) is 6.83. The molecular formula is C15H21F3O. The van der Waals surface area contributed by atoms with Crippen LogP contribution in [0.5, 0.6) is 5.75 Å². The Morgan fingerprint density at radius 2 is 1.84 bits per heavy atom. The van der Waals surface area contributed by atoms with Crippen LogP contribution in [0.2, 0.25) is 0 Å². The number of hydrogen-bond donors (Lipinski definition) is 1. The van der Waals surface area contributed by atoms with Gasteiger partial charge in [0, 0.05) is 0 Å². The summed E-state index contributed by atoms with van der Waals surface area (Å²) in [6.45, 7) is 3.98. The van der Waals surface area contributed by atoms with Crippen LogP contribution in [0.4, 0.5) is 13.2 Å². The molecule has 0 saturated carbocycles. The number of rotatable bonds is 6. The zero-order valence-corrected chi connectivity index (χ0v) is 11.4. The van der Waals surface area contributed by atoms with Gasteiger partial charge in [-0.05, 0) is 36.1 Å². The van der Waals surface area contributed by atoms with Gasteiger partial charge in [-0.15, -0.1) is 0 Å². The lowest BCUT2D eigenvalue weighted by atomic mass is 9.92. The Balaban J connectivity index is 2.75. The maximum Gasteiger partial charge on any atom is 0.416 e. The van der Waals surface area contributed by atoms with Crippen LogP contribution < -0.4 is 0 Å². The van der Waals surface area contributed by atoms with Crippen molar-refractivity contribution < 1.29 is 18.3 Å². The lowest BCUT2D eigenvalue weighted by Gasteiger charge is -2.16. The highest BCUT2D eigenvalue weighted by atomic mass is 19.4. The molecule has 0 aliphatic heterocycles. The zero-order valence-electron chi connectivity index (χ0n) is 11.4. The second-order valence-electron chi connectivity index (χ2n) is 5.02.